The van der Waals surface area contributed by atoms with Gasteiger partial charge >= 0.3 is 0 Å². The van der Waals surface area contributed by atoms with E-state index >= 15 is 0 Å². The van der Waals surface area contributed by atoms with Crippen molar-refractivity contribution in [2.75, 3.05) is 46.5 Å². The Kier molecular flexibility index (Phi) is 7.99. The van der Waals surface area contributed by atoms with Crippen LogP contribution in [0.4, 0.5) is 0 Å². The molecular formula is C27H36N6O5. The van der Waals surface area contributed by atoms with Gasteiger partial charge in [-0.25, -0.2) is 0 Å². The number of nitrogens with one attached hydrogen (secondary N) is 1. The van der Waals surface area contributed by atoms with Gasteiger partial charge in [-0.2, -0.15) is 0 Å². The topological polar surface area (TPSA) is 137 Å². The predicted octanol–water partition coefficient (Wildman–Crippen LogP) is 2.41. The maximum atomic E-state index is 13.9. The molecule has 1 aromatic carbocycles. The van der Waals surface area contributed by atoms with E-state index in [9.17, 15) is 14.4 Å². The summed E-state index contributed by atoms with van der Waals surface area (Å²) < 4.78 is 10.7. The molecule has 4 aliphatic rings. The van der Waals surface area contributed by atoms with Crippen LogP contribution in [0, 0.1) is 0 Å². The fourth-order valence-corrected chi connectivity index (χ4v) is 6.56. The molecule has 0 aromatic heterocycles. The largest absolute Gasteiger partial charge is 0.383 e. The number of hydrogen-bond donors (Lipinski definition) is 1. The van der Waals surface area contributed by atoms with E-state index in [1.165, 1.54) is 10.5 Å². The van der Waals surface area contributed by atoms with Crippen molar-refractivity contribution in [2.45, 2.75) is 68.2 Å². The number of hydrogen-bond acceptors (Lipinski definition) is 7. The number of likely N-dealkylation sites (tertiary alicyclic amines) is 2. The molecule has 3 aliphatic heterocycles. The van der Waals surface area contributed by atoms with Gasteiger partial charge in [0.2, 0.25) is 5.91 Å². The maximum Gasteiger partial charge on any atom is 0.252 e. The van der Waals surface area contributed by atoms with Gasteiger partial charge < -0.3 is 24.6 Å². The van der Waals surface area contributed by atoms with Crippen molar-refractivity contribution in [3.05, 3.63) is 45.8 Å². The van der Waals surface area contributed by atoms with Gasteiger partial charge in [0.05, 0.1) is 18.8 Å². The summed E-state index contributed by atoms with van der Waals surface area (Å²) >= 11 is 0. The standard InChI is InChI=1S/C27H36N6O5/c1-37-15-14-32-12-8-19(9-13-32)18-4-6-20(7-5-18)25(35)29-27(10-2-3-11-27)26(36)33-16-21(30-31-28)24-23(33)22(34)17-38-24/h4-7,19,21,23-24H,2-3,8-17H2,1H3,(H,29,35)/t21-,23-,24-/m1/s1. The molecule has 0 bridgehead atoms. The van der Waals surface area contributed by atoms with Crippen LogP contribution in [-0.4, -0.2) is 97.6 Å². The van der Waals surface area contributed by atoms with Crippen molar-refractivity contribution in [3.63, 3.8) is 0 Å². The Balaban J connectivity index is 1.26. The summed E-state index contributed by atoms with van der Waals surface area (Å²) in [5.74, 6) is -0.312. The molecule has 2 amide bonds. The first kappa shape index (κ1) is 26.6. The normalized spacial score (nSPS) is 27.2. The zero-order valence-corrected chi connectivity index (χ0v) is 21.9. The minimum Gasteiger partial charge on any atom is -0.383 e. The summed E-state index contributed by atoms with van der Waals surface area (Å²) in [5.41, 5.74) is 9.60. The van der Waals surface area contributed by atoms with Crippen molar-refractivity contribution >= 4 is 17.6 Å². The molecule has 0 radical (unpaired) electrons. The summed E-state index contributed by atoms with van der Waals surface area (Å²) in [5, 5.41) is 6.82. The Bertz CT molecular complexity index is 1090. The lowest BCUT2D eigenvalue weighted by Gasteiger charge is -2.35. The van der Waals surface area contributed by atoms with Crippen LogP contribution in [0.3, 0.4) is 0 Å². The van der Waals surface area contributed by atoms with E-state index in [1.807, 2.05) is 24.3 Å². The van der Waals surface area contributed by atoms with E-state index in [0.29, 0.717) is 24.3 Å². The highest BCUT2D eigenvalue weighted by atomic mass is 16.5. The van der Waals surface area contributed by atoms with Crippen LogP contribution in [-0.2, 0) is 19.1 Å². The molecule has 3 atom stereocenters. The highest BCUT2D eigenvalue weighted by Crippen LogP contribution is 2.37. The predicted molar refractivity (Wildman–Crippen MR) is 139 cm³/mol. The van der Waals surface area contributed by atoms with E-state index in [4.69, 9.17) is 15.0 Å². The Hall–Kier alpha value is -2.98. The number of carbonyl (C=O) groups excluding carboxylic acids is 3. The number of rotatable bonds is 8. The van der Waals surface area contributed by atoms with Crippen molar-refractivity contribution in [2.24, 2.45) is 5.11 Å². The molecule has 11 nitrogen and oxygen atoms in total. The summed E-state index contributed by atoms with van der Waals surface area (Å²) in [6.45, 7) is 3.78. The van der Waals surface area contributed by atoms with E-state index in [-0.39, 0.29) is 30.7 Å². The van der Waals surface area contributed by atoms with Crippen LogP contribution in [0.5, 0.6) is 0 Å². The number of ether oxygens (including phenoxy) is 2. The number of fused-ring (bicyclic) bond motifs is 1. The number of azide groups is 1. The lowest BCUT2D eigenvalue weighted by atomic mass is 9.88. The SMILES string of the molecule is COCCN1CCC(c2ccc(C(=O)NC3(C(=O)N4C[C@@H](N=[N+]=[N-])[C@H]5OCC(=O)[C@H]54)CCCC3)cc2)CC1. The molecule has 38 heavy (non-hydrogen) atoms. The summed E-state index contributed by atoms with van der Waals surface area (Å²) in [6.07, 6.45) is 4.14. The first-order valence-corrected chi connectivity index (χ1v) is 13.6. The first-order valence-electron chi connectivity index (χ1n) is 13.6. The molecule has 11 heteroatoms. The quantitative estimate of drug-likeness (QED) is 0.315. The van der Waals surface area contributed by atoms with Crippen LogP contribution in [0.1, 0.15) is 60.4 Å². The Morgan fingerprint density at radius 3 is 2.58 bits per heavy atom. The average Bonchev–Trinajstić information content (AvgIpc) is 3.66. The molecule has 3 saturated heterocycles. The van der Waals surface area contributed by atoms with E-state index in [2.05, 4.69) is 20.2 Å². The third-order valence-corrected chi connectivity index (χ3v) is 8.68. The molecular weight excluding hydrogens is 488 g/mol. The number of benzene rings is 1. The number of carbonyl (C=O) groups is 3. The highest BCUT2D eigenvalue weighted by Gasteiger charge is 2.56. The van der Waals surface area contributed by atoms with Gasteiger partial charge in [-0.15, -0.1) is 0 Å². The van der Waals surface area contributed by atoms with Crippen LogP contribution in [0.25, 0.3) is 10.4 Å². The van der Waals surface area contributed by atoms with Gasteiger partial charge in [0.25, 0.3) is 5.91 Å². The zero-order valence-electron chi connectivity index (χ0n) is 21.9. The van der Waals surface area contributed by atoms with Gasteiger partial charge in [-0.1, -0.05) is 30.1 Å². The minimum absolute atomic E-state index is 0.103. The smallest absolute Gasteiger partial charge is 0.252 e. The summed E-state index contributed by atoms with van der Waals surface area (Å²) in [7, 11) is 1.73. The van der Waals surface area contributed by atoms with Gasteiger partial charge in [0.15, 0.2) is 5.78 Å². The van der Waals surface area contributed by atoms with Gasteiger partial charge in [0, 0.05) is 30.7 Å². The Morgan fingerprint density at radius 2 is 1.92 bits per heavy atom. The molecule has 0 unspecified atom stereocenters. The lowest BCUT2D eigenvalue weighted by molar-refractivity contribution is -0.142. The van der Waals surface area contributed by atoms with Crippen molar-refractivity contribution in [3.8, 4) is 0 Å². The zero-order chi connectivity index (χ0) is 26.7. The molecule has 5 rings (SSSR count). The van der Waals surface area contributed by atoms with Gasteiger partial charge in [-0.05, 0) is 67.9 Å². The third-order valence-electron chi connectivity index (χ3n) is 8.68. The molecule has 1 saturated carbocycles. The fourth-order valence-electron chi connectivity index (χ4n) is 6.56. The summed E-state index contributed by atoms with van der Waals surface area (Å²) in [6, 6.07) is 6.34. The van der Waals surface area contributed by atoms with Crippen LogP contribution in [0.15, 0.2) is 29.4 Å². The number of methoxy groups -OCH3 is 1. The average molecular weight is 525 g/mol. The number of piperidine rings is 1. The van der Waals surface area contributed by atoms with Crippen LogP contribution < -0.4 is 5.32 Å². The Morgan fingerprint density at radius 1 is 1.21 bits per heavy atom. The molecule has 1 aliphatic carbocycles. The lowest BCUT2D eigenvalue weighted by Crippen LogP contribution is -2.60. The second-order valence-corrected chi connectivity index (χ2v) is 10.9. The van der Waals surface area contributed by atoms with Crippen molar-refractivity contribution < 1.29 is 23.9 Å². The first-order chi connectivity index (χ1) is 18.5. The van der Waals surface area contributed by atoms with E-state index in [0.717, 1.165) is 51.9 Å². The molecule has 3 heterocycles. The number of Topliss-reactive ketones (excluding diaryl/α,β-unsaturated/α-hetero) is 1. The molecule has 1 aromatic rings. The molecule has 1 N–H and O–H groups in total. The number of ketones is 1. The summed E-state index contributed by atoms with van der Waals surface area (Å²) in [4.78, 5) is 46.6. The minimum atomic E-state index is -1.08. The van der Waals surface area contributed by atoms with Crippen molar-refractivity contribution in [1.82, 2.24) is 15.1 Å². The molecule has 0 spiro atoms. The van der Waals surface area contributed by atoms with E-state index < -0.39 is 23.7 Å². The third kappa shape index (κ3) is 5.16. The second kappa shape index (κ2) is 11.4. The number of amides is 2. The molecule has 204 valence electrons. The molecule has 4 fully saturated rings. The van der Waals surface area contributed by atoms with Gasteiger partial charge in [0.1, 0.15) is 18.2 Å². The van der Waals surface area contributed by atoms with E-state index in [1.54, 1.807) is 7.11 Å². The van der Waals surface area contributed by atoms with Crippen LogP contribution >= 0.6 is 0 Å². The highest BCUT2D eigenvalue weighted by molar-refractivity contribution is 6.01. The monoisotopic (exact) mass is 524 g/mol. The number of nitrogens with zero attached hydrogens (tertiary/aromatic N) is 5. The van der Waals surface area contributed by atoms with Crippen LogP contribution in [0.2, 0.25) is 0 Å². The Labute approximate surface area is 222 Å². The fraction of sp³-hybridized carbons (Fsp3) is 0.667. The van der Waals surface area contributed by atoms with Crippen molar-refractivity contribution in [1.29, 1.82) is 0 Å². The van der Waals surface area contributed by atoms with Gasteiger partial charge in [-0.3, -0.25) is 14.4 Å². The maximum absolute atomic E-state index is 13.9. The second-order valence-electron chi connectivity index (χ2n) is 10.9.